The maximum absolute atomic E-state index is 12.8. The molecular weight excluding hydrogens is 696 g/mol. The molecule has 0 spiro atoms. The molecule has 0 unspecified atom stereocenters. The van der Waals surface area contributed by atoms with Crippen molar-refractivity contribution in [1.82, 2.24) is 30.2 Å². The predicted octanol–water partition coefficient (Wildman–Crippen LogP) is 3.07. The second kappa shape index (κ2) is 19.6. The molecule has 2 aromatic heterocycles. The van der Waals surface area contributed by atoms with Gasteiger partial charge in [-0.25, -0.2) is 15.0 Å². The molecule has 3 heterocycles. The van der Waals surface area contributed by atoms with E-state index in [1.165, 1.54) is 24.1 Å². The van der Waals surface area contributed by atoms with Crippen LogP contribution in [0.4, 0.5) is 17.2 Å². The second-order valence-corrected chi connectivity index (χ2v) is 13.2. The Morgan fingerprint density at radius 1 is 0.815 bits per heavy atom. The van der Waals surface area contributed by atoms with Gasteiger partial charge in [-0.3, -0.25) is 23.7 Å². The quantitative estimate of drug-likeness (QED) is 0.0603. The fraction of sp³-hybridized carbons (Fsp3) is 0.447. The molecule has 2 aromatic carbocycles. The number of fused-ring (bicyclic) bond motifs is 1. The number of hydrogen-bond acceptors (Lipinski definition) is 12. The molecule has 4 aromatic rings. The normalized spacial score (nSPS) is 17.9. The van der Waals surface area contributed by atoms with Crippen molar-refractivity contribution < 1.29 is 38.9 Å². The molecule has 1 saturated heterocycles. The first-order valence-corrected chi connectivity index (χ1v) is 18.2. The number of amides is 3. The van der Waals surface area contributed by atoms with Crippen molar-refractivity contribution in [3.8, 4) is 0 Å². The summed E-state index contributed by atoms with van der Waals surface area (Å²) in [6.07, 6.45) is 3.87. The van der Waals surface area contributed by atoms with Gasteiger partial charge in [0.2, 0.25) is 17.7 Å². The number of carbonyl (C=O) groups excluding carboxylic acids is 4. The lowest BCUT2D eigenvalue weighted by Gasteiger charge is -2.16. The van der Waals surface area contributed by atoms with E-state index in [0.717, 1.165) is 43.2 Å². The van der Waals surface area contributed by atoms with E-state index in [9.17, 15) is 29.4 Å². The highest BCUT2D eigenvalue weighted by Gasteiger charge is 2.45. The molecule has 5 rings (SSSR count). The maximum atomic E-state index is 12.8. The third-order valence-corrected chi connectivity index (χ3v) is 8.87. The minimum absolute atomic E-state index is 0.135. The van der Waals surface area contributed by atoms with Gasteiger partial charge in [-0.15, -0.1) is 0 Å². The Hall–Kier alpha value is -5.45. The molecule has 0 radical (unpaired) electrons. The zero-order valence-electron chi connectivity index (χ0n) is 30.5. The van der Waals surface area contributed by atoms with Crippen LogP contribution in [0.1, 0.15) is 69.7 Å². The van der Waals surface area contributed by atoms with Crippen molar-refractivity contribution in [3.05, 3.63) is 72.3 Å². The minimum atomic E-state index is -1.32. The summed E-state index contributed by atoms with van der Waals surface area (Å²) in [4.78, 5) is 61.1. The fourth-order valence-electron chi connectivity index (χ4n) is 5.97. The van der Waals surface area contributed by atoms with Crippen molar-refractivity contribution in [2.75, 3.05) is 30.3 Å². The molecule has 16 heteroatoms. The van der Waals surface area contributed by atoms with Gasteiger partial charge < -0.3 is 41.0 Å². The van der Waals surface area contributed by atoms with Crippen LogP contribution in [0.5, 0.6) is 0 Å². The Bertz CT molecular complexity index is 1870. The van der Waals surface area contributed by atoms with E-state index < -0.39 is 24.5 Å². The number of benzene rings is 2. The Balaban J connectivity index is 1.10. The van der Waals surface area contributed by atoms with E-state index in [4.69, 9.17) is 9.47 Å². The van der Waals surface area contributed by atoms with Gasteiger partial charge in [-0.2, -0.15) is 0 Å². The van der Waals surface area contributed by atoms with Crippen LogP contribution in [-0.2, 0) is 41.5 Å². The molecule has 16 nitrogen and oxygen atoms in total. The Labute approximate surface area is 313 Å². The Morgan fingerprint density at radius 2 is 1.48 bits per heavy atom. The highest BCUT2D eigenvalue weighted by atomic mass is 16.6. The van der Waals surface area contributed by atoms with Crippen molar-refractivity contribution in [3.63, 3.8) is 0 Å². The van der Waals surface area contributed by atoms with Gasteiger partial charge in [-0.1, -0.05) is 56.9 Å². The molecule has 0 bridgehead atoms. The summed E-state index contributed by atoms with van der Waals surface area (Å²) in [6, 6.07) is 14.3. The third-order valence-electron chi connectivity index (χ3n) is 8.87. The number of anilines is 3. The number of hydrogen-bond donors (Lipinski definition) is 6. The van der Waals surface area contributed by atoms with E-state index in [2.05, 4.69) is 43.1 Å². The number of nitrogens with zero attached hydrogens (tertiary/aromatic N) is 4. The molecule has 288 valence electrons. The van der Waals surface area contributed by atoms with Gasteiger partial charge in [-0.05, 0) is 41.8 Å². The number of aliphatic hydroxyl groups is 2. The molecule has 6 N–H and O–H groups in total. The summed E-state index contributed by atoms with van der Waals surface area (Å²) in [5, 5.41) is 32.9. The molecule has 1 aliphatic heterocycles. The smallest absolute Gasteiger partial charge is 0.305 e. The summed E-state index contributed by atoms with van der Waals surface area (Å²) in [6.45, 7) is 4.07. The van der Waals surface area contributed by atoms with Crippen molar-refractivity contribution >= 4 is 52.0 Å². The van der Waals surface area contributed by atoms with Gasteiger partial charge in [0.25, 0.3) is 0 Å². The largest absolute Gasteiger partial charge is 0.463 e. The Kier molecular flexibility index (Phi) is 14.4. The third kappa shape index (κ3) is 11.3. The lowest BCUT2D eigenvalue weighted by Crippen LogP contribution is -2.34. The van der Waals surface area contributed by atoms with E-state index in [0.29, 0.717) is 47.9 Å². The van der Waals surface area contributed by atoms with Crippen LogP contribution in [-0.4, -0.2) is 91.4 Å². The number of esters is 1. The number of aliphatic hydroxyl groups excluding tert-OH is 2. The van der Waals surface area contributed by atoms with E-state index >= 15 is 0 Å². The maximum Gasteiger partial charge on any atom is 0.305 e. The highest BCUT2D eigenvalue weighted by Crippen LogP contribution is 2.33. The Morgan fingerprint density at radius 3 is 2.19 bits per heavy atom. The average Bonchev–Trinajstić information content (AvgIpc) is 3.71. The molecular formula is C38H48N8O8. The van der Waals surface area contributed by atoms with Crippen LogP contribution in [0.25, 0.3) is 11.2 Å². The zero-order chi connectivity index (χ0) is 38.5. The molecule has 54 heavy (non-hydrogen) atoms. The lowest BCUT2D eigenvalue weighted by molar-refractivity contribution is -0.150. The molecule has 4 atom stereocenters. The van der Waals surface area contributed by atoms with Crippen LogP contribution in [0, 0.1) is 0 Å². The number of nitrogens with one attached hydrogen (secondary N) is 4. The van der Waals surface area contributed by atoms with Crippen LogP contribution in [0.15, 0.2) is 61.2 Å². The number of imidazole rings is 1. The molecule has 3 amide bonds. The summed E-state index contributed by atoms with van der Waals surface area (Å²) < 4.78 is 12.8. The summed E-state index contributed by atoms with van der Waals surface area (Å²) in [7, 11) is 0. The van der Waals surface area contributed by atoms with Gasteiger partial charge in [0.15, 0.2) is 23.2 Å². The SMILES string of the molecule is CCCCCCCC(=O)OC[C@H]1O[C@@H](n2cnc3c(Nc4ccc(CC(=O)Nc5ccc(CC(=O)NCCNC(C)=O)cc5)cc4)ncnc32)[C@H](O)[C@@H]1O. The first-order chi connectivity index (χ1) is 26.1. The van der Waals surface area contributed by atoms with Gasteiger partial charge >= 0.3 is 5.97 Å². The second-order valence-electron chi connectivity index (χ2n) is 13.2. The topological polar surface area (TPSA) is 219 Å². The molecule has 1 fully saturated rings. The van der Waals surface area contributed by atoms with Crippen molar-refractivity contribution in [2.45, 2.75) is 89.8 Å². The number of rotatable bonds is 19. The first kappa shape index (κ1) is 39.8. The van der Waals surface area contributed by atoms with Gasteiger partial charge in [0.1, 0.15) is 31.2 Å². The molecule has 0 saturated carbocycles. The van der Waals surface area contributed by atoms with Crippen LogP contribution in [0.2, 0.25) is 0 Å². The lowest BCUT2D eigenvalue weighted by atomic mass is 10.1. The average molecular weight is 745 g/mol. The zero-order valence-corrected chi connectivity index (χ0v) is 30.5. The summed E-state index contributed by atoms with van der Waals surface area (Å²) in [5.74, 6) is -0.496. The monoisotopic (exact) mass is 744 g/mol. The number of aromatic nitrogens is 4. The van der Waals surface area contributed by atoms with E-state index in [-0.39, 0.29) is 43.1 Å². The van der Waals surface area contributed by atoms with Gasteiger partial charge in [0, 0.05) is 37.8 Å². The standard InChI is InChI=1S/C38H48N8O8/c1-3-4-5-6-7-8-32(50)53-21-29-34(51)35(52)38(54-29)46-23-43-33-36(41-22-42-37(33)46)45-28-15-11-26(12-16-28)20-31(49)44-27-13-9-25(10-14-27)19-30(48)40-18-17-39-24(2)47/h9-16,22-23,29,34-35,38,51-52H,3-8,17-21H2,1-2H3,(H,39,47)(H,40,48)(H,44,49)(H,41,42,45)/t29-,34-,35-,38-/m1/s1. The summed E-state index contributed by atoms with van der Waals surface area (Å²) >= 11 is 0. The van der Waals surface area contributed by atoms with Crippen molar-refractivity contribution in [2.24, 2.45) is 0 Å². The molecule has 0 aliphatic carbocycles. The fourth-order valence-corrected chi connectivity index (χ4v) is 5.97. The predicted molar refractivity (Wildman–Crippen MR) is 199 cm³/mol. The number of unbranched alkanes of at least 4 members (excludes halogenated alkanes) is 4. The van der Waals surface area contributed by atoms with Crippen LogP contribution < -0.4 is 21.3 Å². The summed E-state index contributed by atoms with van der Waals surface area (Å²) in [5.41, 5.74) is 3.61. The van der Waals surface area contributed by atoms with Crippen LogP contribution in [0.3, 0.4) is 0 Å². The molecule has 1 aliphatic rings. The van der Waals surface area contributed by atoms with E-state index in [1.807, 2.05) is 12.1 Å². The van der Waals surface area contributed by atoms with Gasteiger partial charge in [0.05, 0.1) is 19.2 Å². The van der Waals surface area contributed by atoms with E-state index in [1.54, 1.807) is 36.4 Å². The minimum Gasteiger partial charge on any atom is -0.463 e. The number of carbonyl (C=O) groups is 4. The number of ether oxygens (including phenoxy) is 2. The highest BCUT2D eigenvalue weighted by molar-refractivity contribution is 5.92. The van der Waals surface area contributed by atoms with Crippen molar-refractivity contribution in [1.29, 1.82) is 0 Å². The van der Waals surface area contributed by atoms with Crippen LogP contribution >= 0.6 is 0 Å². The first-order valence-electron chi connectivity index (χ1n) is 18.2.